The van der Waals surface area contributed by atoms with E-state index in [9.17, 15) is 0 Å². The third-order valence-electron chi connectivity index (χ3n) is 2.69. The van der Waals surface area contributed by atoms with Gasteiger partial charge in [-0.05, 0) is 24.1 Å². The van der Waals surface area contributed by atoms with Gasteiger partial charge in [0.25, 0.3) is 0 Å². The molecule has 1 unspecified atom stereocenters. The molecule has 0 bridgehead atoms. The van der Waals surface area contributed by atoms with Crippen LogP contribution in [0.1, 0.15) is 32.8 Å². The maximum atomic E-state index is 8.85. The molecule has 1 atom stereocenters. The Bertz CT molecular complexity index is 378. The van der Waals surface area contributed by atoms with Crippen LogP contribution in [0.2, 0.25) is 0 Å². The van der Waals surface area contributed by atoms with Gasteiger partial charge in [0, 0.05) is 23.2 Å². The van der Waals surface area contributed by atoms with Crippen LogP contribution in [0.4, 0.5) is 0 Å². The molecule has 3 heteroatoms. The fourth-order valence-electron chi connectivity index (χ4n) is 1.63. The Labute approximate surface area is 115 Å². The normalized spacial score (nSPS) is 12.4. The summed E-state index contributed by atoms with van der Waals surface area (Å²) in [4.78, 5) is 1.32. The molecule has 0 fully saturated rings. The van der Waals surface area contributed by atoms with E-state index in [1.54, 1.807) is 0 Å². The van der Waals surface area contributed by atoms with Crippen LogP contribution < -0.4 is 5.32 Å². The van der Waals surface area contributed by atoms with Gasteiger partial charge >= 0.3 is 0 Å². The number of benzene rings is 1. The van der Waals surface area contributed by atoms with Crippen LogP contribution in [0.3, 0.4) is 0 Å². The zero-order chi connectivity index (χ0) is 13.4. The first kappa shape index (κ1) is 15.1. The van der Waals surface area contributed by atoms with Gasteiger partial charge in [-0.3, -0.25) is 0 Å². The lowest BCUT2D eigenvalue weighted by atomic mass is 10.1. The molecule has 0 saturated carbocycles. The van der Waals surface area contributed by atoms with Gasteiger partial charge in [-0.15, -0.1) is 11.8 Å². The summed E-state index contributed by atoms with van der Waals surface area (Å²) in [6, 6.07) is 11.0. The molecule has 98 valence electrons. The predicted octanol–water partition coefficient (Wildman–Crippen LogP) is 3.83. The molecular weight excluding hydrogens is 240 g/mol. The standard InChI is InChI=1S/C15H22N2S/c1-4-13(9-16)10-17-11-14-5-7-15(8-6-14)18-12(2)3/h5-8,12-13,17H,4,10-11H2,1-3H3. The number of hydrogen-bond donors (Lipinski definition) is 1. The molecule has 0 radical (unpaired) electrons. The highest BCUT2D eigenvalue weighted by molar-refractivity contribution is 7.99. The minimum Gasteiger partial charge on any atom is -0.311 e. The lowest BCUT2D eigenvalue weighted by Gasteiger charge is -2.09. The maximum Gasteiger partial charge on any atom is 0.0669 e. The highest BCUT2D eigenvalue weighted by atomic mass is 32.2. The van der Waals surface area contributed by atoms with Crippen molar-refractivity contribution in [2.24, 2.45) is 5.92 Å². The van der Waals surface area contributed by atoms with Crippen molar-refractivity contribution in [1.29, 1.82) is 5.26 Å². The van der Waals surface area contributed by atoms with Crippen molar-refractivity contribution in [2.45, 2.75) is 43.9 Å². The summed E-state index contributed by atoms with van der Waals surface area (Å²) >= 11 is 1.88. The van der Waals surface area contributed by atoms with E-state index >= 15 is 0 Å². The van der Waals surface area contributed by atoms with Crippen molar-refractivity contribution in [3.05, 3.63) is 29.8 Å². The van der Waals surface area contributed by atoms with Crippen molar-refractivity contribution in [3.8, 4) is 6.07 Å². The molecule has 0 saturated heterocycles. The number of nitrogens with one attached hydrogen (secondary N) is 1. The molecule has 2 nitrogen and oxygen atoms in total. The van der Waals surface area contributed by atoms with Crippen molar-refractivity contribution in [3.63, 3.8) is 0 Å². The second kappa shape index (κ2) is 8.18. The maximum absolute atomic E-state index is 8.85. The average Bonchev–Trinajstić information content (AvgIpc) is 2.36. The van der Waals surface area contributed by atoms with Crippen LogP contribution in [0.5, 0.6) is 0 Å². The van der Waals surface area contributed by atoms with Crippen molar-refractivity contribution < 1.29 is 0 Å². The van der Waals surface area contributed by atoms with Gasteiger partial charge in [-0.2, -0.15) is 5.26 Å². The Kier molecular flexibility index (Phi) is 6.85. The molecule has 1 rings (SSSR count). The monoisotopic (exact) mass is 262 g/mol. The first-order valence-corrected chi connectivity index (χ1v) is 7.39. The van der Waals surface area contributed by atoms with E-state index in [0.717, 1.165) is 19.5 Å². The molecule has 0 aliphatic rings. The largest absolute Gasteiger partial charge is 0.311 e. The fraction of sp³-hybridized carbons (Fsp3) is 0.533. The van der Waals surface area contributed by atoms with E-state index in [0.29, 0.717) is 5.25 Å². The van der Waals surface area contributed by atoms with Crippen molar-refractivity contribution >= 4 is 11.8 Å². The van der Waals surface area contributed by atoms with E-state index in [4.69, 9.17) is 5.26 Å². The van der Waals surface area contributed by atoms with E-state index in [2.05, 4.69) is 49.5 Å². The molecule has 0 aliphatic heterocycles. The zero-order valence-corrected chi connectivity index (χ0v) is 12.3. The highest BCUT2D eigenvalue weighted by Crippen LogP contribution is 2.22. The minimum absolute atomic E-state index is 0.126. The first-order chi connectivity index (χ1) is 8.65. The second-order valence-electron chi connectivity index (χ2n) is 4.68. The number of rotatable bonds is 7. The average molecular weight is 262 g/mol. The molecule has 1 aromatic rings. The van der Waals surface area contributed by atoms with Crippen LogP contribution in [0.25, 0.3) is 0 Å². The van der Waals surface area contributed by atoms with Gasteiger partial charge in [0.05, 0.1) is 12.0 Å². The van der Waals surface area contributed by atoms with E-state index in [1.165, 1.54) is 10.5 Å². The quantitative estimate of drug-likeness (QED) is 0.759. The van der Waals surface area contributed by atoms with Gasteiger partial charge in [0.1, 0.15) is 0 Å². The summed E-state index contributed by atoms with van der Waals surface area (Å²) in [7, 11) is 0. The van der Waals surface area contributed by atoms with Gasteiger partial charge in [0.15, 0.2) is 0 Å². The molecule has 0 aliphatic carbocycles. The Morgan fingerprint density at radius 2 is 1.94 bits per heavy atom. The van der Waals surface area contributed by atoms with Crippen LogP contribution >= 0.6 is 11.8 Å². The van der Waals surface area contributed by atoms with Crippen LogP contribution in [0, 0.1) is 17.2 Å². The third kappa shape index (κ3) is 5.57. The van der Waals surface area contributed by atoms with E-state index in [-0.39, 0.29) is 5.92 Å². The Morgan fingerprint density at radius 3 is 2.44 bits per heavy atom. The van der Waals surface area contributed by atoms with Gasteiger partial charge in [0.2, 0.25) is 0 Å². The van der Waals surface area contributed by atoms with Crippen LogP contribution in [0.15, 0.2) is 29.2 Å². The van der Waals surface area contributed by atoms with Gasteiger partial charge < -0.3 is 5.32 Å². The van der Waals surface area contributed by atoms with Crippen molar-refractivity contribution in [1.82, 2.24) is 5.32 Å². The molecular formula is C15H22N2S. The number of thioether (sulfide) groups is 1. The summed E-state index contributed by atoms with van der Waals surface area (Å²) in [5.74, 6) is 0.126. The summed E-state index contributed by atoms with van der Waals surface area (Å²) in [6.07, 6.45) is 0.910. The molecule has 0 spiro atoms. The second-order valence-corrected chi connectivity index (χ2v) is 6.33. The third-order valence-corrected chi connectivity index (χ3v) is 3.71. The Morgan fingerprint density at radius 1 is 1.28 bits per heavy atom. The first-order valence-electron chi connectivity index (χ1n) is 6.51. The number of nitrogens with zero attached hydrogens (tertiary/aromatic N) is 1. The molecule has 0 aromatic heterocycles. The summed E-state index contributed by atoms with van der Waals surface area (Å²) in [5, 5.41) is 12.8. The fourth-order valence-corrected chi connectivity index (χ4v) is 2.47. The molecule has 18 heavy (non-hydrogen) atoms. The molecule has 0 amide bonds. The highest BCUT2D eigenvalue weighted by Gasteiger charge is 2.03. The van der Waals surface area contributed by atoms with E-state index < -0.39 is 0 Å². The predicted molar refractivity (Wildman–Crippen MR) is 78.5 cm³/mol. The van der Waals surface area contributed by atoms with E-state index in [1.807, 2.05) is 18.7 Å². The summed E-state index contributed by atoms with van der Waals surface area (Å²) in [6.45, 7) is 8.06. The smallest absolute Gasteiger partial charge is 0.0669 e. The van der Waals surface area contributed by atoms with Crippen molar-refractivity contribution in [2.75, 3.05) is 6.54 Å². The summed E-state index contributed by atoms with van der Waals surface area (Å²) < 4.78 is 0. The van der Waals surface area contributed by atoms with Gasteiger partial charge in [-0.1, -0.05) is 32.9 Å². The molecule has 1 aromatic carbocycles. The lowest BCUT2D eigenvalue weighted by Crippen LogP contribution is -2.21. The van der Waals surface area contributed by atoms with Crippen LogP contribution in [-0.2, 0) is 6.54 Å². The Hall–Kier alpha value is -0.980. The Balaban J connectivity index is 2.37. The van der Waals surface area contributed by atoms with Gasteiger partial charge in [-0.25, -0.2) is 0 Å². The lowest BCUT2D eigenvalue weighted by molar-refractivity contribution is 0.553. The molecule has 0 heterocycles. The van der Waals surface area contributed by atoms with Crippen LogP contribution in [-0.4, -0.2) is 11.8 Å². The SMILES string of the molecule is CCC(C#N)CNCc1ccc(SC(C)C)cc1. The topological polar surface area (TPSA) is 35.8 Å². The zero-order valence-electron chi connectivity index (χ0n) is 11.4. The molecule has 1 N–H and O–H groups in total. The minimum atomic E-state index is 0.126. The number of nitriles is 1. The number of hydrogen-bond acceptors (Lipinski definition) is 3. The summed E-state index contributed by atoms with van der Waals surface area (Å²) in [5.41, 5.74) is 1.27.